The van der Waals surface area contributed by atoms with Crippen LogP contribution in [0.4, 0.5) is 0 Å². The van der Waals surface area contributed by atoms with Crippen molar-refractivity contribution in [3.8, 4) is 0 Å². The summed E-state index contributed by atoms with van der Waals surface area (Å²) in [6.07, 6.45) is 1.71. The van der Waals surface area contributed by atoms with Crippen molar-refractivity contribution in [2.45, 2.75) is 33.9 Å². The van der Waals surface area contributed by atoms with Crippen LogP contribution in [0.3, 0.4) is 0 Å². The van der Waals surface area contributed by atoms with Gasteiger partial charge < -0.3 is 9.73 Å². The van der Waals surface area contributed by atoms with Crippen molar-refractivity contribution >= 4 is 0 Å². The second-order valence-electron chi connectivity index (χ2n) is 4.56. The first-order valence-electron chi connectivity index (χ1n) is 5.96. The maximum Gasteiger partial charge on any atom is 0.117 e. The molecular formula is C15H19NO. The van der Waals surface area contributed by atoms with Crippen molar-refractivity contribution in [2.24, 2.45) is 0 Å². The standard InChI is InChI=1S/C15H19NO/c1-11-7-12(2)15(13(3)8-11)10-16-9-14-5-4-6-17-14/h4-8,16H,9-10H2,1-3H3. The molecular weight excluding hydrogens is 210 g/mol. The van der Waals surface area contributed by atoms with Gasteiger partial charge >= 0.3 is 0 Å². The van der Waals surface area contributed by atoms with Gasteiger partial charge in [-0.15, -0.1) is 0 Å². The third-order valence-corrected chi connectivity index (χ3v) is 3.02. The van der Waals surface area contributed by atoms with Crippen LogP contribution in [0.25, 0.3) is 0 Å². The molecule has 0 fully saturated rings. The molecule has 1 N–H and O–H groups in total. The van der Waals surface area contributed by atoms with Gasteiger partial charge in [0.05, 0.1) is 12.8 Å². The molecule has 0 spiro atoms. The number of benzene rings is 1. The molecule has 1 heterocycles. The predicted molar refractivity (Wildman–Crippen MR) is 69.9 cm³/mol. The minimum atomic E-state index is 0.778. The summed E-state index contributed by atoms with van der Waals surface area (Å²) in [5.41, 5.74) is 5.43. The normalized spacial score (nSPS) is 10.8. The van der Waals surface area contributed by atoms with Crippen LogP contribution in [0.5, 0.6) is 0 Å². The fourth-order valence-electron chi connectivity index (χ4n) is 2.21. The molecule has 2 aromatic rings. The SMILES string of the molecule is Cc1cc(C)c(CNCc2ccco2)c(C)c1. The Balaban J connectivity index is 1.99. The molecule has 0 amide bonds. The zero-order chi connectivity index (χ0) is 12.3. The molecule has 1 aromatic carbocycles. The molecule has 0 saturated carbocycles. The molecule has 0 aliphatic rings. The Labute approximate surface area is 103 Å². The highest BCUT2D eigenvalue weighted by molar-refractivity contribution is 5.37. The van der Waals surface area contributed by atoms with Gasteiger partial charge in [-0.05, 0) is 49.6 Å². The van der Waals surface area contributed by atoms with E-state index in [0.717, 1.165) is 18.8 Å². The maximum absolute atomic E-state index is 5.29. The minimum absolute atomic E-state index is 0.778. The summed E-state index contributed by atoms with van der Waals surface area (Å²) < 4.78 is 5.29. The van der Waals surface area contributed by atoms with E-state index >= 15 is 0 Å². The Morgan fingerprint density at radius 1 is 1.06 bits per heavy atom. The Kier molecular flexibility index (Phi) is 3.64. The summed E-state index contributed by atoms with van der Waals surface area (Å²) in [4.78, 5) is 0. The lowest BCUT2D eigenvalue weighted by Gasteiger charge is -2.11. The molecule has 0 atom stereocenters. The molecule has 90 valence electrons. The molecule has 0 bridgehead atoms. The summed E-state index contributed by atoms with van der Waals surface area (Å²) in [7, 11) is 0. The second kappa shape index (κ2) is 5.19. The fraction of sp³-hybridized carbons (Fsp3) is 0.333. The monoisotopic (exact) mass is 229 g/mol. The lowest BCUT2D eigenvalue weighted by atomic mass is 10.00. The number of furan rings is 1. The molecule has 2 rings (SSSR count). The van der Waals surface area contributed by atoms with Gasteiger partial charge in [0.2, 0.25) is 0 Å². The third kappa shape index (κ3) is 2.98. The molecule has 1 aromatic heterocycles. The van der Waals surface area contributed by atoms with E-state index in [4.69, 9.17) is 4.42 Å². The molecule has 0 radical (unpaired) electrons. The quantitative estimate of drug-likeness (QED) is 0.868. The number of nitrogens with one attached hydrogen (secondary N) is 1. The Hall–Kier alpha value is -1.54. The highest BCUT2D eigenvalue weighted by Crippen LogP contribution is 2.16. The van der Waals surface area contributed by atoms with Gasteiger partial charge in [-0.25, -0.2) is 0 Å². The zero-order valence-electron chi connectivity index (χ0n) is 10.7. The number of hydrogen-bond acceptors (Lipinski definition) is 2. The molecule has 2 nitrogen and oxygen atoms in total. The van der Waals surface area contributed by atoms with E-state index < -0.39 is 0 Å². The smallest absolute Gasteiger partial charge is 0.117 e. The van der Waals surface area contributed by atoms with Crippen LogP contribution >= 0.6 is 0 Å². The molecule has 0 aliphatic heterocycles. The molecule has 0 aliphatic carbocycles. The molecule has 17 heavy (non-hydrogen) atoms. The van der Waals surface area contributed by atoms with Crippen LogP contribution in [-0.2, 0) is 13.1 Å². The van der Waals surface area contributed by atoms with Crippen LogP contribution in [0.2, 0.25) is 0 Å². The van der Waals surface area contributed by atoms with Gasteiger partial charge in [-0.3, -0.25) is 0 Å². The van der Waals surface area contributed by atoms with Crippen LogP contribution in [-0.4, -0.2) is 0 Å². The topological polar surface area (TPSA) is 25.2 Å². The Morgan fingerprint density at radius 2 is 1.76 bits per heavy atom. The van der Waals surface area contributed by atoms with Crippen molar-refractivity contribution in [2.75, 3.05) is 0 Å². The summed E-state index contributed by atoms with van der Waals surface area (Å²) in [5, 5.41) is 3.41. The number of rotatable bonds is 4. The molecule has 2 heteroatoms. The van der Waals surface area contributed by atoms with Gasteiger partial charge in [0, 0.05) is 6.54 Å². The first-order chi connectivity index (χ1) is 8.16. The van der Waals surface area contributed by atoms with Gasteiger partial charge in [-0.1, -0.05) is 17.7 Å². The van der Waals surface area contributed by atoms with E-state index in [1.807, 2.05) is 12.1 Å². The lowest BCUT2D eigenvalue weighted by Crippen LogP contribution is -2.14. The van der Waals surface area contributed by atoms with Crippen molar-refractivity contribution in [1.82, 2.24) is 5.32 Å². The second-order valence-corrected chi connectivity index (χ2v) is 4.56. The van der Waals surface area contributed by atoms with Crippen molar-refractivity contribution in [1.29, 1.82) is 0 Å². The maximum atomic E-state index is 5.29. The predicted octanol–water partition coefficient (Wildman–Crippen LogP) is 3.49. The van der Waals surface area contributed by atoms with Crippen LogP contribution < -0.4 is 5.32 Å². The first-order valence-corrected chi connectivity index (χ1v) is 5.96. The van der Waals surface area contributed by atoms with Crippen molar-refractivity contribution < 1.29 is 4.42 Å². The van der Waals surface area contributed by atoms with E-state index in [-0.39, 0.29) is 0 Å². The third-order valence-electron chi connectivity index (χ3n) is 3.02. The number of hydrogen-bond donors (Lipinski definition) is 1. The molecule has 0 saturated heterocycles. The van der Waals surface area contributed by atoms with Crippen molar-refractivity contribution in [3.05, 3.63) is 58.5 Å². The van der Waals surface area contributed by atoms with Crippen molar-refractivity contribution in [3.63, 3.8) is 0 Å². The zero-order valence-corrected chi connectivity index (χ0v) is 10.7. The van der Waals surface area contributed by atoms with E-state index in [1.54, 1.807) is 6.26 Å². The average Bonchev–Trinajstić information content (AvgIpc) is 2.74. The van der Waals surface area contributed by atoms with Crippen LogP contribution in [0, 0.1) is 20.8 Å². The highest BCUT2D eigenvalue weighted by atomic mass is 16.3. The summed E-state index contributed by atoms with van der Waals surface area (Å²) in [5.74, 6) is 0.979. The highest BCUT2D eigenvalue weighted by Gasteiger charge is 2.03. The van der Waals surface area contributed by atoms with E-state index in [0.29, 0.717) is 0 Å². The average molecular weight is 229 g/mol. The first kappa shape index (κ1) is 11.9. The Bertz CT molecular complexity index is 463. The largest absolute Gasteiger partial charge is 0.468 e. The van der Waals surface area contributed by atoms with Crippen LogP contribution in [0.15, 0.2) is 34.9 Å². The van der Waals surface area contributed by atoms with E-state index in [9.17, 15) is 0 Å². The lowest BCUT2D eigenvalue weighted by molar-refractivity contribution is 0.482. The number of aryl methyl sites for hydroxylation is 3. The van der Waals surface area contributed by atoms with Gasteiger partial charge in [0.15, 0.2) is 0 Å². The summed E-state index contributed by atoms with van der Waals surface area (Å²) in [6, 6.07) is 8.37. The van der Waals surface area contributed by atoms with E-state index in [2.05, 4.69) is 38.2 Å². The molecule has 0 unspecified atom stereocenters. The summed E-state index contributed by atoms with van der Waals surface area (Å²) in [6.45, 7) is 8.15. The Morgan fingerprint density at radius 3 is 2.35 bits per heavy atom. The minimum Gasteiger partial charge on any atom is -0.468 e. The van der Waals surface area contributed by atoms with Gasteiger partial charge in [-0.2, -0.15) is 0 Å². The van der Waals surface area contributed by atoms with E-state index in [1.165, 1.54) is 22.3 Å². The van der Waals surface area contributed by atoms with Crippen LogP contribution in [0.1, 0.15) is 28.0 Å². The van der Waals surface area contributed by atoms with Gasteiger partial charge in [0.25, 0.3) is 0 Å². The fourth-order valence-corrected chi connectivity index (χ4v) is 2.21. The van der Waals surface area contributed by atoms with Gasteiger partial charge in [0.1, 0.15) is 5.76 Å². The summed E-state index contributed by atoms with van der Waals surface area (Å²) >= 11 is 0.